The van der Waals surface area contributed by atoms with Crippen LogP contribution in [0.5, 0.6) is 0 Å². The maximum atomic E-state index is 10.9. The van der Waals surface area contributed by atoms with E-state index in [0.29, 0.717) is 0 Å². The smallest absolute Gasteiger partial charge is 0.335 e. The number of hydrogen-bond acceptors (Lipinski definition) is 3. The number of hydrogen-bond donors (Lipinski definition) is 2. The third kappa shape index (κ3) is 2.37. The van der Waals surface area contributed by atoms with Gasteiger partial charge in [0.25, 0.3) is 0 Å². The molecule has 0 amide bonds. The summed E-state index contributed by atoms with van der Waals surface area (Å²) in [7, 11) is 0. The number of aromatic nitrogens is 2. The zero-order valence-electron chi connectivity index (χ0n) is 10.3. The van der Waals surface area contributed by atoms with Crippen LogP contribution in [0.15, 0.2) is 30.3 Å². The van der Waals surface area contributed by atoms with E-state index in [4.69, 9.17) is 5.11 Å². The second-order valence-electron chi connectivity index (χ2n) is 4.41. The molecule has 0 spiro atoms. The summed E-state index contributed by atoms with van der Waals surface area (Å²) in [4.78, 5) is 21.1. The Morgan fingerprint density at radius 1 is 1.37 bits per heavy atom. The molecule has 0 aliphatic carbocycles. The Labute approximate surface area is 113 Å². The molecule has 4 nitrogen and oxygen atoms in total. The number of imidazole rings is 1. The molecule has 2 N–H and O–H groups in total. The van der Waals surface area contributed by atoms with Gasteiger partial charge in [-0.3, -0.25) is 0 Å². The predicted molar refractivity (Wildman–Crippen MR) is 74.9 cm³/mol. The summed E-state index contributed by atoms with van der Waals surface area (Å²) >= 11 is 1.75. The molecule has 3 rings (SSSR count). The fourth-order valence-corrected chi connectivity index (χ4v) is 2.92. The molecule has 96 valence electrons. The SMILES string of the molecule is Cc1ccc(Cc2nc3ccc(C(=O)O)cc3[nH]2)s1. The molecular weight excluding hydrogens is 260 g/mol. The Bertz CT molecular complexity index is 758. The van der Waals surface area contributed by atoms with Crippen LogP contribution in [-0.4, -0.2) is 21.0 Å². The fourth-order valence-electron chi connectivity index (χ4n) is 2.02. The molecule has 0 atom stereocenters. The molecule has 0 radical (unpaired) electrons. The molecule has 5 heteroatoms. The van der Waals surface area contributed by atoms with E-state index in [2.05, 4.69) is 29.0 Å². The van der Waals surface area contributed by atoms with Crippen molar-refractivity contribution in [3.63, 3.8) is 0 Å². The molecule has 1 aromatic carbocycles. The van der Waals surface area contributed by atoms with Crippen LogP contribution >= 0.6 is 11.3 Å². The monoisotopic (exact) mass is 272 g/mol. The lowest BCUT2D eigenvalue weighted by Crippen LogP contribution is -1.94. The van der Waals surface area contributed by atoms with E-state index in [1.165, 1.54) is 9.75 Å². The van der Waals surface area contributed by atoms with Crippen LogP contribution in [0.3, 0.4) is 0 Å². The predicted octanol–water partition coefficient (Wildman–Crippen LogP) is 3.22. The number of aryl methyl sites for hydroxylation is 1. The Morgan fingerprint density at radius 3 is 2.89 bits per heavy atom. The topological polar surface area (TPSA) is 66.0 Å². The van der Waals surface area contributed by atoms with Crippen LogP contribution < -0.4 is 0 Å². The van der Waals surface area contributed by atoms with Crippen LogP contribution in [0.2, 0.25) is 0 Å². The average molecular weight is 272 g/mol. The minimum Gasteiger partial charge on any atom is -0.478 e. The Kier molecular flexibility index (Phi) is 2.83. The second-order valence-corrected chi connectivity index (χ2v) is 5.78. The Hall–Kier alpha value is -2.14. The molecule has 0 unspecified atom stereocenters. The standard InChI is InChI=1S/C14H12N2O2S/c1-8-2-4-10(19-8)7-13-15-11-5-3-9(14(17)18)6-12(11)16-13/h2-6H,7H2,1H3,(H,15,16)(H,17,18). The first-order chi connectivity index (χ1) is 9.11. The second kappa shape index (κ2) is 4.51. The van der Waals surface area contributed by atoms with Gasteiger partial charge in [-0.2, -0.15) is 0 Å². The summed E-state index contributed by atoms with van der Waals surface area (Å²) in [5.41, 5.74) is 1.84. The van der Waals surface area contributed by atoms with Crippen LogP contribution in [0.25, 0.3) is 11.0 Å². The highest BCUT2D eigenvalue weighted by molar-refractivity contribution is 7.11. The highest BCUT2D eigenvalue weighted by atomic mass is 32.1. The van der Waals surface area contributed by atoms with E-state index in [0.717, 1.165) is 23.3 Å². The highest BCUT2D eigenvalue weighted by Gasteiger charge is 2.08. The van der Waals surface area contributed by atoms with E-state index >= 15 is 0 Å². The van der Waals surface area contributed by atoms with E-state index in [9.17, 15) is 4.79 Å². The number of carbonyl (C=O) groups is 1. The van der Waals surface area contributed by atoms with Gasteiger partial charge in [-0.1, -0.05) is 0 Å². The van der Waals surface area contributed by atoms with Gasteiger partial charge in [0.1, 0.15) is 5.82 Å². The molecular formula is C14H12N2O2S. The van der Waals surface area contributed by atoms with Gasteiger partial charge in [0.05, 0.1) is 16.6 Å². The molecule has 0 fully saturated rings. The Balaban J connectivity index is 1.95. The minimum atomic E-state index is -0.924. The van der Waals surface area contributed by atoms with E-state index < -0.39 is 5.97 Å². The van der Waals surface area contributed by atoms with Crippen LogP contribution in [0.4, 0.5) is 0 Å². The van der Waals surface area contributed by atoms with E-state index in [1.807, 2.05) is 0 Å². The first kappa shape index (κ1) is 11.9. The van der Waals surface area contributed by atoms with Crippen molar-refractivity contribution in [1.29, 1.82) is 0 Å². The number of thiophene rings is 1. The van der Waals surface area contributed by atoms with Crippen molar-refractivity contribution in [2.24, 2.45) is 0 Å². The molecule has 0 aliphatic heterocycles. The quantitative estimate of drug-likeness (QED) is 0.769. The number of benzene rings is 1. The molecule has 2 aromatic heterocycles. The number of carboxylic acids is 1. The number of aromatic amines is 1. The number of H-pyrrole nitrogens is 1. The summed E-state index contributed by atoms with van der Waals surface area (Å²) in [5.74, 6) is -0.0636. The molecule has 2 heterocycles. The average Bonchev–Trinajstić information content (AvgIpc) is 2.94. The van der Waals surface area contributed by atoms with Crippen molar-refractivity contribution in [1.82, 2.24) is 9.97 Å². The maximum absolute atomic E-state index is 10.9. The van der Waals surface area contributed by atoms with Crippen LogP contribution in [0.1, 0.15) is 25.9 Å². The summed E-state index contributed by atoms with van der Waals surface area (Å²) in [6, 6.07) is 9.11. The van der Waals surface area contributed by atoms with Crippen LogP contribution in [-0.2, 0) is 6.42 Å². The summed E-state index contributed by atoms with van der Waals surface area (Å²) in [6.45, 7) is 2.08. The lowest BCUT2D eigenvalue weighted by atomic mass is 10.2. The van der Waals surface area contributed by atoms with Gasteiger partial charge in [-0.25, -0.2) is 9.78 Å². The summed E-state index contributed by atoms with van der Waals surface area (Å²) in [6.07, 6.45) is 0.746. The molecule has 3 aromatic rings. The zero-order valence-corrected chi connectivity index (χ0v) is 11.1. The van der Waals surface area contributed by atoms with Crippen molar-refractivity contribution >= 4 is 28.3 Å². The van der Waals surface area contributed by atoms with Gasteiger partial charge in [0.15, 0.2) is 0 Å². The molecule has 0 aliphatic rings. The minimum absolute atomic E-state index is 0.273. The third-order valence-electron chi connectivity index (χ3n) is 2.92. The number of aromatic carboxylic acids is 1. The first-order valence-corrected chi connectivity index (χ1v) is 6.71. The summed E-state index contributed by atoms with van der Waals surface area (Å²) in [5, 5.41) is 8.96. The highest BCUT2D eigenvalue weighted by Crippen LogP contribution is 2.20. The summed E-state index contributed by atoms with van der Waals surface area (Å²) < 4.78 is 0. The zero-order chi connectivity index (χ0) is 13.4. The number of nitrogens with zero attached hydrogens (tertiary/aromatic N) is 1. The molecule has 0 bridgehead atoms. The van der Waals surface area contributed by atoms with Crippen LogP contribution in [0, 0.1) is 6.92 Å². The molecule has 19 heavy (non-hydrogen) atoms. The lowest BCUT2D eigenvalue weighted by molar-refractivity contribution is 0.0697. The number of carboxylic acid groups (broad SMARTS) is 1. The van der Waals surface area contributed by atoms with Crippen molar-refractivity contribution in [3.8, 4) is 0 Å². The number of nitrogens with one attached hydrogen (secondary N) is 1. The largest absolute Gasteiger partial charge is 0.478 e. The van der Waals surface area contributed by atoms with Crippen molar-refractivity contribution in [2.75, 3.05) is 0 Å². The van der Waals surface area contributed by atoms with Gasteiger partial charge in [0, 0.05) is 16.2 Å². The van der Waals surface area contributed by atoms with Gasteiger partial charge in [-0.15, -0.1) is 11.3 Å². The Morgan fingerprint density at radius 2 is 2.21 bits per heavy atom. The fraction of sp³-hybridized carbons (Fsp3) is 0.143. The van der Waals surface area contributed by atoms with Crippen molar-refractivity contribution < 1.29 is 9.90 Å². The normalized spacial score (nSPS) is 11.0. The van der Waals surface area contributed by atoms with E-state index in [-0.39, 0.29) is 5.56 Å². The van der Waals surface area contributed by atoms with Crippen molar-refractivity contribution in [2.45, 2.75) is 13.3 Å². The molecule has 0 saturated carbocycles. The first-order valence-electron chi connectivity index (χ1n) is 5.89. The number of fused-ring (bicyclic) bond motifs is 1. The number of rotatable bonds is 3. The lowest BCUT2D eigenvalue weighted by Gasteiger charge is -1.92. The van der Waals surface area contributed by atoms with Gasteiger partial charge in [0.2, 0.25) is 0 Å². The van der Waals surface area contributed by atoms with E-state index in [1.54, 1.807) is 29.5 Å². The maximum Gasteiger partial charge on any atom is 0.335 e. The van der Waals surface area contributed by atoms with Gasteiger partial charge >= 0.3 is 5.97 Å². The molecule has 0 saturated heterocycles. The van der Waals surface area contributed by atoms with Gasteiger partial charge < -0.3 is 10.1 Å². The van der Waals surface area contributed by atoms with Crippen molar-refractivity contribution in [3.05, 3.63) is 51.5 Å². The van der Waals surface area contributed by atoms with Gasteiger partial charge in [-0.05, 0) is 37.3 Å². The third-order valence-corrected chi connectivity index (χ3v) is 3.92.